The number of benzene rings is 1. The first-order chi connectivity index (χ1) is 8.95. The van der Waals surface area contributed by atoms with Crippen molar-refractivity contribution in [3.8, 4) is 5.69 Å². The van der Waals surface area contributed by atoms with E-state index in [1.807, 2.05) is 6.92 Å². The van der Waals surface area contributed by atoms with Crippen LogP contribution in [-0.2, 0) is 24.3 Å². The Morgan fingerprint density at radius 1 is 1.26 bits per heavy atom. The quantitative estimate of drug-likeness (QED) is 0.861. The number of aryl methyl sites for hydroxylation is 1. The second kappa shape index (κ2) is 5.00. The summed E-state index contributed by atoms with van der Waals surface area (Å²) in [5.41, 5.74) is 0.778. The average molecular weight is 270 g/mol. The maximum atomic E-state index is 12.4. The largest absolute Gasteiger partial charge is 0.436 e. The van der Waals surface area contributed by atoms with Gasteiger partial charge in [-0.2, -0.15) is 13.2 Å². The van der Waals surface area contributed by atoms with Crippen LogP contribution in [0.25, 0.3) is 5.69 Å². The van der Waals surface area contributed by atoms with Crippen molar-refractivity contribution in [2.45, 2.75) is 26.1 Å². The van der Waals surface area contributed by atoms with Gasteiger partial charge in [-0.3, -0.25) is 0 Å². The van der Waals surface area contributed by atoms with Crippen molar-refractivity contribution in [2.75, 3.05) is 0 Å². The molecule has 0 saturated carbocycles. The van der Waals surface area contributed by atoms with Gasteiger partial charge in [-0.05, 0) is 29.7 Å². The van der Waals surface area contributed by atoms with Gasteiger partial charge in [0, 0.05) is 0 Å². The van der Waals surface area contributed by atoms with Crippen LogP contribution in [0.1, 0.15) is 23.7 Å². The summed E-state index contributed by atoms with van der Waals surface area (Å²) < 4.78 is 38.3. The molecule has 0 aliphatic heterocycles. The molecule has 1 heterocycles. The maximum Gasteiger partial charge on any atom is 0.436 e. The third kappa shape index (κ3) is 2.76. The highest BCUT2D eigenvalue weighted by atomic mass is 19.4. The molecule has 0 aliphatic carbocycles. The molecule has 0 N–H and O–H groups in total. The minimum atomic E-state index is -4.52. The van der Waals surface area contributed by atoms with Crippen LogP contribution in [-0.4, -0.2) is 15.0 Å². The van der Waals surface area contributed by atoms with E-state index >= 15 is 0 Å². The maximum absolute atomic E-state index is 12.4. The number of alkyl halides is 3. The summed E-state index contributed by atoms with van der Waals surface area (Å²) in [5, 5.41) is 17.5. The smallest absolute Gasteiger partial charge is 0.232 e. The molecular formula is C12H11F3N3O. The highest BCUT2D eigenvalue weighted by Gasteiger charge is 2.34. The molecule has 101 valence electrons. The molecule has 0 unspecified atom stereocenters. The molecule has 2 aromatic rings. The van der Waals surface area contributed by atoms with Crippen molar-refractivity contribution in [3.63, 3.8) is 0 Å². The molecule has 1 aromatic heterocycles. The van der Waals surface area contributed by atoms with Crippen molar-refractivity contribution in [3.05, 3.63) is 41.2 Å². The topological polar surface area (TPSA) is 50.6 Å². The van der Waals surface area contributed by atoms with Crippen molar-refractivity contribution in [1.82, 2.24) is 15.0 Å². The SMILES string of the molecule is CCc1ccc(-n2cc(C(F)(F)F)nn2)cc1C[O]. The van der Waals surface area contributed by atoms with Crippen LogP contribution < -0.4 is 0 Å². The lowest BCUT2D eigenvalue weighted by Crippen LogP contribution is -2.05. The standard InChI is InChI=1S/C12H11F3N3O/c1-2-8-3-4-10(5-9(8)7-19)18-6-11(16-17-18)12(13,14)15/h3-6H,2,7H2,1H3. The van der Waals surface area contributed by atoms with Gasteiger partial charge >= 0.3 is 6.18 Å². The average Bonchev–Trinajstić information content (AvgIpc) is 2.87. The predicted molar refractivity (Wildman–Crippen MR) is 60.1 cm³/mol. The Bertz CT molecular complexity index is 578. The van der Waals surface area contributed by atoms with E-state index in [0.29, 0.717) is 17.7 Å². The minimum absolute atomic E-state index is 0.394. The lowest BCUT2D eigenvalue weighted by atomic mass is 10.1. The van der Waals surface area contributed by atoms with Gasteiger partial charge in [-0.15, -0.1) is 5.10 Å². The zero-order chi connectivity index (χ0) is 14.0. The van der Waals surface area contributed by atoms with Gasteiger partial charge < -0.3 is 0 Å². The van der Waals surface area contributed by atoms with E-state index in [-0.39, 0.29) is 0 Å². The van der Waals surface area contributed by atoms with E-state index in [4.69, 9.17) is 0 Å². The van der Waals surface area contributed by atoms with Crippen LogP contribution in [0.4, 0.5) is 13.2 Å². The Labute approximate surface area is 107 Å². The Morgan fingerprint density at radius 3 is 2.53 bits per heavy atom. The van der Waals surface area contributed by atoms with Crippen molar-refractivity contribution >= 4 is 0 Å². The summed E-state index contributed by atoms with van der Waals surface area (Å²) in [5.74, 6) is 0. The summed E-state index contributed by atoms with van der Waals surface area (Å²) >= 11 is 0. The Kier molecular flexibility index (Phi) is 3.57. The normalized spacial score (nSPS) is 11.8. The first-order valence-corrected chi connectivity index (χ1v) is 5.65. The summed E-state index contributed by atoms with van der Waals surface area (Å²) in [6.07, 6.45) is -3.03. The first-order valence-electron chi connectivity index (χ1n) is 5.65. The van der Waals surface area contributed by atoms with Crippen LogP contribution in [0.2, 0.25) is 0 Å². The van der Waals surface area contributed by atoms with Crippen molar-refractivity contribution in [1.29, 1.82) is 0 Å². The number of hydrogen-bond acceptors (Lipinski definition) is 2. The molecule has 0 fully saturated rings. The van der Waals surface area contributed by atoms with Crippen LogP contribution in [0, 0.1) is 0 Å². The fraction of sp³-hybridized carbons (Fsp3) is 0.333. The highest BCUT2D eigenvalue weighted by molar-refractivity contribution is 5.40. The van der Waals surface area contributed by atoms with Gasteiger partial charge in [-0.25, -0.2) is 9.79 Å². The minimum Gasteiger partial charge on any atom is -0.232 e. The van der Waals surface area contributed by atoms with Crippen molar-refractivity contribution in [2.24, 2.45) is 0 Å². The van der Waals surface area contributed by atoms with Gasteiger partial charge in [0.15, 0.2) is 5.69 Å². The first kappa shape index (κ1) is 13.5. The number of nitrogens with zero attached hydrogens (tertiary/aromatic N) is 3. The van der Waals surface area contributed by atoms with Crippen molar-refractivity contribution < 1.29 is 18.3 Å². The molecule has 0 atom stereocenters. The second-order valence-electron chi connectivity index (χ2n) is 4.00. The Hall–Kier alpha value is -1.89. The number of halogens is 3. The van der Waals surface area contributed by atoms with Gasteiger partial charge in [0.05, 0.1) is 11.9 Å². The lowest BCUT2D eigenvalue weighted by Gasteiger charge is -2.07. The van der Waals surface area contributed by atoms with E-state index < -0.39 is 18.5 Å². The van der Waals surface area contributed by atoms with Crippen LogP contribution >= 0.6 is 0 Å². The number of hydrogen-bond donors (Lipinski definition) is 0. The fourth-order valence-electron chi connectivity index (χ4n) is 1.75. The molecular weight excluding hydrogens is 259 g/mol. The Morgan fingerprint density at radius 2 is 2.00 bits per heavy atom. The number of aromatic nitrogens is 3. The van der Waals surface area contributed by atoms with E-state index in [0.717, 1.165) is 16.4 Å². The monoisotopic (exact) mass is 270 g/mol. The third-order valence-corrected chi connectivity index (χ3v) is 2.77. The van der Waals surface area contributed by atoms with Crippen LogP contribution in [0.5, 0.6) is 0 Å². The molecule has 0 saturated heterocycles. The van der Waals surface area contributed by atoms with Crippen LogP contribution in [0.3, 0.4) is 0 Å². The molecule has 0 aliphatic rings. The molecule has 2 rings (SSSR count). The molecule has 7 heteroatoms. The molecule has 0 bridgehead atoms. The molecule has 19 heavy (non-hydrogen) atoms. The molecule has 1 radical (unpaired) electrons. The van der Waals surface area contributed by atoms with Gasteiger partial charge in [0.25, 0.3) is 0 Å². The van der Waals surface area contributed by atoms with E-state index in [9.17, 15) is 18.3 Å². The lowest BCUT2D eigenvalue weighted by molar-refractivity contribution is -0.141. The molecule has 0 spiro atoms. The summed E-state index contributed by atoms with van der Waals surface area (Å²) in [6, 6.07) is 4.88. The fourth-order valence-corrected chi connectivity index (χ4v) is 1.75. The van der Waals surface area contributed by atoms with Crippen LogP contribution in [0.15, 0.2) is 24.4 Å². The van der Waals surface area contributed by atoms with Gasteiger partial charge in [0.1, 0.15) is 6.61 Å². The van der Waals surface area contributed by atoms with Gasteiger partial charge in [0.2, 0.25) is 0 Å². The predicted octanol–water partition coefficient (Wildman–Crippen LogP) is 2.78. The van der Waals surface area contributed by atoms with E-state index in [1.165, 1.54) is 0 Å². The molecule has 4 nitrogen and oxygen atoms in total. The Balaban J connectivity index is 2.39. The zero-order valence-electron chi connectivity index (χ0n) is 10.1. The summed E-state index contributed by atoms with van der Waals surface area (Å²) in [6.45, 7) is 1.49. The zero-order valence-corrected chi connectivity index (χ0v) is 10.1. The summed E-state index contributed by atoms with van der Waals surface area (Å²) in [4.78, 5) is 0. The summed E-state index contributed by atoms with van der Waals surface area (Å²) in [7, 11) is 0. The van der Waals surface area contributed by atoms with E-state index in [2.05, 4.69) is 10.3 Å². The second-order valence-corrected chi connectivity index (χ2v) is 4.00. The van der Waals surface area contributed by atoms with E-state index in [1.54, 1.807) is 18.2 Å². The third-order valence-electron chi connectivity index (χ3n) is 2.77. The van der Waals surface area contributed by atoms with Gasteiger partial charge in [-0.1, -0.05) is 18.2 Å². The molecule has 0 amide bonds. The highest BCUT2D eigenvalue weighted by Crippen LogP contribution is 2.27. The molecule has 1 aromatic carbocycles. The number of rotatable bonds is 3.